The van der Waals surface area contributed by atoms with Crippen LogP contribution in [0.15, 0.2) is 17.1 Å². The molecule has 0 unspecified atom stereocenters. The topological polar surface area (TPSA) is 25.2 Å². The monoisotopic (exact) mass is 248 g/mol. The fourth-order valence-electron chi connectivity index (χ4n) is 1.82. The van der Waals surface area contributed by atoms with Crippen molar-refractivity contribution in [3.05, 3.63) is 28.3 Å². The van der Waals surface area contributed by atoms with E-state index in [9.17, 15) is 0 Å². The Morgan fingerprint density at radius 1 is 1.19 bits per heavy atom. The molecule has 1 aromatic carbocycles. The number of thioether (sulfide) groups is 1. The van der Waals surface area contributed by atoms with Crippen molar-refractivity contribution in [3.63, 3.8) is 0 Å². The summed E-state index contributed by atoms with van der Waals surface area (Å²) >= 11 is 3.59. The fraction of sp³-hybridized carbons (Fsp3) is 0.333. The zero-order valence-electron chi connectivity index (χ0n) is 9.28. The maximum atomic E-state index is 4.72. The van der Waals surface area contributed by atoms with E-state index in [0.717, 1.165) is 27.9 Å². The van der Waals surface area contributed by atoms with E-state index in [4.69, 9.17) is 4.98 Å². The van der Waals surface area contributed by atoms with Gasteiger partial charge in [0.2, 0.25) is 0 Å². The molecule has 1 aliphatic heterocycles. The molecule has 0 bridgehead atoms. The number of thiazole rings is 1. The van der Waals surface area contributed by atoms with Crippen LogP contribution >= 0.6 is 23.1 Å². The van der Waals surface area contributed by atoms with E-state index in [0.29, 0.717) is 0 Å². The molecule has 0 aliphatic carbocycles. The highest BCUT2D eigenvalue weighted by Gasteiger charge is 2.16. The summed E-state index contributed by atoms with van der Waals surface area (Å²) in [5, 5.41) is 2.22. The van der Waals surface area contributed by atoms with E-state index < -0.39 is 0 Å². The molecule has 0 fully saturated rings. The van der Waals surface area contributed by atoms with E-state index >= 15 is 0 Å². The molecular weight excluding hydrogens is 236 g/mol. The Kier molecular flexibility index (Phi) is 2.48. The summed E-state index contributed by atoms with van der Waals surface area (Å²) in [5.41, 5.74) is 3.72. The van der Waals surface area contributed by atoms with Crippen LogP contribution in [0.3, 0.4) is 0 Å². The first-order chi connectivity index (χ1) is 7.75. The molecule has 0 spiro atoms. The number of benzene rings is 1. The molecular formula is C12H12N2S2. The molecule has 2 heterocycles. The molecule has 82 valence electrons. The van der Waals surface area contributed by atoms with Gasteiger partial charge in [0.1, 0.15) is 10.1 Å². The van der Waals surface area contributed by atoms with Crippen LogP contribution in [0.1, 0.15) is 16.1 Å². The second-order valence-electron chi connectivity index (χ2n) is 3.93. The van der Waals surface area contributed by atoms with Crippen molar-refractivity contribution in [3.8, 4) is 0 Å². The van der Waals surface area contributed by atoms with Gasteiger partial charge in [0.25, 0.3) is 0 Å². The smallest absolute Gasteiger partial charge is 0.149 e. The number of rotatable bonds is 1. The third kappa shape index (κ3) is 1.57. The number of aliphatic imine (C=N–C) groups is 1. The summed E-state index contributed by atoms with van der Waals surface area (Å²) in [4.78, 5) is 9.21. The highest BCUT2D eigenvalue weighted by molar-refractivity contribution is 8.15. The van der Waals surface area contributed by atoms with Gasteiger partial charge < -0.3 is 0 Å². The highest BCUT2D eigenvalue weighted by Crippen LogP contribution is 2.31. The van der Waals surface area contributed by atoms with Gasteiger partial charge in [-0.15, -0.1) is 23.1 Å². The molecule has 16 heavy (non-hydrogen) atoms. The van der Waals surface area contributed by atoms with Gasteiger partial charge in [-0.3, -0.25) is 4.99 Å². The van der Waals surface area contributed by atoms with Crippen molar-refractivity contribution >= 4 is 38.4 Å². The molecule has 3 rings (SSSR count). The van der Waals surface area contributed by atoms with Crippen LogP contribution in [-0.4, -0.2) is 22.3 Å². The summed E-state index contributed by atoms with van der Waals surface area (Å²) in [6, 6.07) is 4.31. The van der Waals surface area contributed by atoms with Gasteiger partial charge in [-0.05, 0) is 25.0 Å². The second-order valence-corrected chi connectivity index (χ2v) is 6.01. The number of aromatic nitrogens is 1. The average molecular weight is 248 g/mol. The minimum Gasteiger partial charge on any atom is -0.274 e. The zero-order valence-corrected chi connectivity index (χ0v) is 10.9. The van der Waals surface area contributed by atoms with E-state index in [1.54, 1.807) is 11.3 Å². The van der Waals surface area contributed by atoms with Crippen molar-refractivity contribution in [2.75, 3.05) is 12.3 Å². The Labute approximate surface area is 103 Å². The Hall–Kier alpha value is -0.870. The molecule has 0 amide bonds. The molecule has 4 heteroatoms. The molecule has 0 saturated heterocycles. The summed E-state index contributed by atoms with van der Waals surface area (Å²) in [7, 11) is 0. The quantitative estimate of drug-likeness (QED) is 0.772. The third-order valence-electron chi connectivity index (χ3n) is 2.71. The van der Waals surface area contributed by atoms with Gasteiger partial charge in [-0.2, -0.15) is 0 Å². The summed E-state index contributed by atoms with van der Waals surface area (Å²) in [6.45, 7) is 5.20. The highest BCUT2D eigenvalue weighted by atomic mass is 32.2. The minimum atomic E-state index is 0.938. The lowest BCUT2D eigenvalue weighted by Gasteiger charge is -1.96. The first-order valence-electron chi connectivity index (χ1n) is 5.30. The van der Waals surface area contributed by atoms with Gasteiger partial charge in [0.05, 0.1) is 10.2 Å². The van der Waals surface area contributed by atoms with Gasteiger partial charge >= 0.3 is 0 Å². The van der Waals surface area contributed by atoms with Crippen LogP contribution in [0.5, 0.6) is 0 Å². The Morgan fingerprint density at radius 3 is 2.69 bits per heavy atom. The van der Waals surface area contributed by atoms with Crippen molar-refractivity contribution in [1.29, 1.82) is 0 Å². The second kappa shape index (κ2) is 3.86. The largest absolute Gasteiger partial charge is 0.274 e. The van der Waals surface area contributed by atoms with Crippen LogP contribution in [0, 0.1) is 13.8 Å². The first kappa shape index (κ1) is 10.3. The standard InChI is InChI=1S/C12H12N2S2/c1-7-3-4-8(2)10-9(7)14-12(16-10)11-13-5-6-15-11/h3-4H,5-6H2,1-2H3. The van der Waals surface area contributed by atoms with Crippen molar-refractivity contribution in [2.45, 2.75) is 13.8 Å². The summed E-state index contributed by atoms with van der Waals surface area (Å²) in [5.74, 6) is 1.10. The van der Waals surface area contributed by atoms with E-state index in [-0.39, 0.29) is 0 Å². The molecule has 1 aliphatic rings. The summed E-state index contributed by atoms with van der Waals surface area (Å²) < 4.78 is 1.31. The van der Waals surface area contributed by atoms with E-state index in [1.807, 2.05) is 11.8 Å². The SMILES string of the molecule is Cc1ccc(C)c2sc(C3=NCCS3)nc12. The lowest BCUT2D eigenvalue weighted by atomic mass is 10.1. The van der Waals surface area contributed by atoms with Crippen molar-refractivity contribution in [2.24, 2.45) is 4.99 Å². The van der Waals surface area contributed by atoms with Crippen molar-refractivity contribution < 1.29 is 0 Å². The Bertz CT molecular complexity index is 545. The fourth-order valence-corrected chi connectivity index (χ4v) is 3.86. The molecule has 0 radical (unpaired) electrons. The van der Waals surface area contributed by atoms with Crippen LogP contribution in [-0.2, 0) is 0 Å². The predicted octanol–water partition coefficient (Wildman–Crippen LogP) is 3.41. The molecule has 2 nitrogen and oxygen atoms in total. The molecule has 0 atom stereocenters. The van der Waals surface area contributed by atoms with Gasteiger partial charge in [-0.25, -0.2) is 4.98 Å². The lowest BCUT2D eigenvalue weighted by molar-refractivity contribution is 1.17. The Balaban J connectivity index is 2.22. The number of hydrogen-bond donors (Lipinski definition) is 0. The lowest BCUT2D eigenvalue weighted by Crippen LogP contribution is -1.89. The maximum absolute atomic E-state index is 4.72. The van der Waals surface area contributed by atoms with E-state index in [2.05, 4.69) is 31.0 Å². The molecule has 1 aromatic heterocycles. The minimum absolute atomic E-state index is 0.938. The molecule has 0 N–H and O–H groups in total. The number of aryl methyl sites for hydroxylation is 2. The molecule has 2 aromatic rings. The van der Waals surface area contributed by atoms with Crippen LogP contribution in [0.2, 0.25) is 0 Å². The van der Waals surface area contributed by atoms with Crippen molar-refractivity contribution in [1.82, 2.24) is 4.98 Å². The van der Waals surface area contributed by atoms with Gasteiger partial charge in [0.15, 0.2) is 0 Å². The number of fused-ring (bicyclic) bond motifs is 1. The van der Waals surface area contributed by atoms with Crippen LogP contribution in [0.25, 0.3) is 10.2 Å². The number of nitrogens with zero attached hydrogens (tertiary/aromatic N) is 2. The third-order valence-corrected chi connectivity index (χ3v) is 5.02. The number of hydrogen-bond acceptors (Lipinski definition) is 4. The average Bonchev–Trinajstić information content (AvgIpc) is 2.90. The predicted molar refractivity (Wildman–Crippen MR) is 73.0 cm³/mol. The van der Waals surface area contributed by atoms with Crippen LogP contribution < -0.4 is 0 Å². The van der Waals surface area contributed by atoms with Crippen LogP contribution in [0.4, 0.5) is 0 Å². The van der Waals surface area contributed by atoms with Gasteiger partial charge in [0, 0.05) is 12.3 Å². The Morgan fingerprint density at radius 2 is 2.00 bits per heavy atom. The maximum Gasteiger partial charge on any atom is 0.149 e. The van der Waals surface area contributed by atoms with Gasteiger partial charge in [-0.1, -0.05) is 12.1 Å². The zero-order chi connectivity index (χ0) is 11.1. The summed E-state index contributed by atoms with van der Waals surface area (Å²) in [6.07, 6.45) is 0. The normalized spacial score (nSPS) is 15.8. The van der Waals surface area contributed by atoms with E-state index in [1.165, 1.54) is 15.8 Å². The molecule has 0 saturated carbocycles. The first-order valence-corrected chi connectivity index (χ1v) is 7.10.